The van der Waals surface area contributed by atoms with Gasteiger partial charge in [-0.2, -0.15) is 0 Å². The summed E-state index contributed by atoms with van der Waals surface area (Å²) in [5.74, 6) is 0. The lowest BCUT2D eigenvalue weighted by molar-refractivity contribution is 0.922. The molecule has 0 atom stereocenters. The van der Waals surface area contributed by atoms with E-state index in [9.17, 15) is 0 Å². The summed E-state index contributed by atoms with van der Waals surface area (Å²) >= 11 is 0. The van der Waals surface area contributed by atoms with E-state index in [0.29, 0.717) is 0 Å². The summed E-state index contributed by atoms with van der Waals surface area (Å²) in [4.78, 5) is 0. The lowest BCUT2D eigenvalue weighted by Crippen LogP contribution is -1.89. The van der Waals surface area contributed by atoms with E-state index in [1.165, 1.54) is 45.4 Å². The molecular weight excluding hydrogens is 276 g/mol. The maximum atomic E-state index is 2.34. The first-order chi connectivity index (χ1) is 11.2. The van der Waals surface area contributed by atoms with Gasteiger partial charge < -0.3 is 0 Å². The van der Waals surface area contributed by atoms with E-state index in [1.54, 1.807) is 0 Å². The van der Waals surface area contributed by atoms with Crippen molar-refractivity contribution in [2.24, 2.45) is 0 Å². The summed E-state index contributed by atoms with van der Waals surface area (Å²) in [6.45, 7) is 6.51. The monoisotopic (exact) mass is 300 g/mol. The van der Waals surface area contributed by atoms with Gasteiger partial charge in [0, 0.05) is 0 Å². The van der Waals surface area contributed by atoms with E-state index in [2.05, 4.69) is 87.5 Å². The van der Waals surface area contributed by atoms with Gasteiger partial charge in [-0.1, -0.05) is 85.1 Å². The molecule has 3 rings (SSSR count). The Morgan fingerprint density at radius 3 is 1.39 bits per heavy atom. The Morgan fingerprint density at radius 1 is 0.565 bits per heavy atom. The smallest absolute Gasteiger partial charge is 0.0175 e. The summed E-state index contributed by atoms with van der Waals surface area (Å²) < 4.78 is 0. The molecule has 0 aliphatic heterocycles. The van der Waals surface area contributed by atoms with Crippen molar-refractivity contribution >= 4 is 0 Å². The molecule has 0 N–H and O–H groups in total. The molecule has 0 heterocycles. The fourth-order valence-electron chi connectivity index (χ4n) is 2.95. The van der Waals surface area contributed by atoms with Gasteiger partial charge in [0.25, 0.3) is 0 Å². The minimum Gasteiger partial charge on any atom is -0.0651 e. The normalized spacial score (nSPS) is 10.7. The predicted molar refractivity (Wildman–Crippen MR) is 101 cm³/mol. The third kappa shape index (κ3) is 3.71. The lowest BCUT2D eigenvalue weighted by atomic mass is 9.94. The van der Waals surface area contributed by atoms with Crippen molar-refractivity contribution in [3.63, 3.8) is 0 Å². The summed E-state index contributed by atoms with van der Waals surface area (Å²) in [6.07, 6.45) is 2.29. The molecule has 0 bridgehead atoms. The number of hydrogen-bond donors (Lipinski definition) is 0. The topological polar surface area (TPSA) is 0 Å². The maximum Gasteiger partial charge on any atom is -0.0175 e. The summed E-state index contributed by atoms with van der Waals surface area (Å²) in [7, 11) is 0. The first kappa shape index (κ1) is 15.6. The van der Waals surface area contributed by atoms with Crippen molar-refractivity contribution in [3.8, 4) is 22.3 Å². The molecule has 23 heavy (non-hydrogen) atoms. The van der Waals surface area contributed by atoms with Crippen molar-refractivity contribution in [1.29, 1.82) is 0 Å². The first-order valence-electron chi connectivity index (χ1n) is 8.44. The van der Waals surface area contributed by atoms with E-state index in [-0.39, 0.29) is 0 Å². The Kier molecular flexibility index (Phi) is 4.62. The Bertz CT molecular complexity index is 714. The minimum absolute atomic E-state index is 1.12. The van der Waals surface area contributed by atoms with Crippen LogP contribution in [0.5, 0.6) is 0 Å². The second kappa shape index (κ2) is 6.83. The highest BCUT2D eigenvalue weighted by Crippen LogP contribution is 2.29. The van der Waals surface area contributed by atoms with Crippen LogP contribution in [0, 0.1) is 13.8 Å². The van der Waals surface area contributed by atoms with Gasteiger partial charge in [0.15, 0.2) is 0 Å². The molecule has 0 spiro atoms. The number of aryl methyl sites for hydroxylation is 3. The van der Waals surface area contributed by atoms with Gasteiger partial charge in [0.1, 0.15) is 0 Å². The number of hydrogen-bond acceptors (Lipinski definition) is 0. The van der Waals surface area contributed by atoms with Crippen molar-refractivity contribution in [1.82, 2.24) is 0 Å². The second-order valence-corrected chi connectivity index (χ2v) is 6.40. The molecule has 0 radical (unpaired) electrons. The van der Waals surface area contributed by atoms with Crippen LogP contribution in [0.15, 0.2) is 66.7 Å². The molecule has 0 aliphatic rings. The van der Waals surface area contributed by atoms with Crippen LogP contribution >= 0.6 is 0 Å². The van der Waals surface area contributed by atoms with Crippen LogP contribution in [0.2, 0.25) is 0 Å². The van der Waals surface area contributed by atoms with Gasteiger partial charge >= 0.3 is 0 Å². The predicted octanol–water partition coefficient (Wildman–Crippen LogP) is 6.59. The van der Waals surface area contributed by atoms with Crippen LogP contribution in [0.25, 0.3) is 22.3 Å². The highest BCUT2D eigenvalue weighted by molar-refractivity contribution is 5.74. The van der Waals surface area contributed by atoms with Gasteiger partial charge in [-0.3, -0.25) is 0 Å². The Morgan fingerprint density at radius 2 is 1.00 bits per heavy atom. The fourth-order valence-corrected chi connectivity index (χ4v) is 2.95. The standard InChI is InChI=1S/C23H24/c1-4-5-19-14-22(20-10-6-17(2)7-11-20)16-23(15-19)21-12-8-18(3)9-13-21/h6-16H,4-5H2,1-3H3. The Labute approximate surface area is 139 Å². The number of rotatable bonds is 4. The molecule has 0 aromatic heterocycles. The van der Waals surface area contributed by atoms with Crippen molar-refractivity contribution in [2.45, 2.75) is 33.6 Å². The molecule has 0 saturated heterocycles. The molecule has 3 aromatic carbocycles. The molecule has 0 aliphatic carbocycles. The van der Waals surface area contributed by atoms with Crippen molar-refractivity contribution < 1.29 is 0 Å². The van der Waals surface area contributed by atoms with E-state index in [4.69, 9.17) is 0 Å². The zero-order chi connectivity index (χ0) is 16.2. The van der Waals surface area contributed by atoms with Crippen LogP contribution in [0.1, 0.15) is 30.0 Å². The zero-order valence-corrected chi connectivity index (χ0v) is 14.3. The van der Waals surface area contributed by atoms with Crippen LogP contribution in [0.3, 0.4) is 0 Å². The molecule has 116 valence electrons. The third-order valence-corrected chi connectivity index (χ3v) is 4.30. The Balaban J connectivity index is 2.09. The molecule has 0 fully saturated rings. The van der Waals surface area contributed by atoms with Gasteiger partial charge in [-0.05, 0) is 54.2 Å². The van der Waals surface area contributed by atoms with Gasteiger partial charge in [-0.15, -0.1) is 0 Å². The minimum atomic E-state index is 1.12. The Hall–Kier alpha value is -2.34. The molecule has 0 amide bonds. The maximum absolute atomic E-state index is 2.34. The molecule has 0 unspecified atom stereocenters. The molecule has 0 heteroatoms. The summed E-state index contributed by atoms with van der Waals surface area (Å²) in [5.41, 5.74) is 9.23. The molecular formula is C23H24. The molecule has 3 aromatic rings. The average molecular weight is 300 g/mol. The van der Waals surface area contributed by atoms with Crippen molar-refractivity contribution in [3.05, 3.63) is 83.4 Å². The van der Waals surface area contributed by atoms with Gasteiger partial charge in [0.05, 0.1) is 0 Å². The van der Waals surface area contributed by atoms with E-state index in [1.807, 2.05) is 0 Å². The van der Waals surface area contributed by atoms with Crippen LogP contribution in [-0.2, 0) is 6.42 Å². The third-order valence-electron chi connectivity index (χ3n) is 4.30. The highest BCUT2D eigenvalue weighted by atomic mass is 14.1. The van der Waals surface area contributed by atoms with Crippen LogP contribution in [0.4, 0.5) is 0 Å². The lowest BCUT2D eigenvalue weighted by Gasteiger charge is -2.11. The van der Waals surface area contributed by atoms with E-state index >= 15 is 0 Å². The quantitative estimate of drug-likeness (QED) is 0.510. The van der Waals surface area contributed by atoms with Crippen molar-refractivity contribution in [2.75, 3.05) is 0 Å². The summed E-state index contributed by atoms with van der Waals surface area (Å²) in [6, 6.07) is 24.6. The molecule has 0 saturated carbocycles. The average Bonchev–Trinajstić information content (AvgIpc) is 2.56. The fraction of sp³-hybridized carbons (Fsp3) is 0.217. The largest absolute Gasteiger partial charge is 0.0651 e. The summed E-state index contributed by atoms with van der Waals surface area (Å²) in [5, 5.41) is 0. The molecule has 0 nitrogen and oxygen atoms in total. The first-order valence-corrected chi connectivity index (χ1v) is 8.44. The van der Waals surface area contributed by atoms with E-state index < -0.39 is 0 Å². The zero-order valence-electron chi connectivity index (χ0n) is 14.3. The van der Waals surface area contributed by atoms with Gasteiger partial charge in [-0.25, -0.2) is 0 Å². The van der Waals surface area contributed by atoms with Gasteiger partial charge in [0.2, 0.25) is 0 Å². The second-order valence-electron chi connectivity index (χ2n) is 6.40. The van der Waals surface area contributed by atoms with E-state index in [0.717, 1.165) is 6.42 Å². The number of benzene rings is 3. The van der Waals surface area contributed by atoms with Crippen LogP contribution < -0.4 is 0 Å². The SMILES string of the molecule is CCCc1cc(-c2ccc(C)cc2)cc(-c2ccc(C)cc2)c1. The highest BCUT2D eigenvalue weighted by Gasteiger charge is 2.05. The van der Waals surface area contributed by atoms with Crippen LogP contribution in [-0.4, -0.2) is 0 Å².